The lowest BCUT2D eigenvalue weighted by atomic mass is 10.1. The molecule has 0 spiro atoms. The van der Waals surface area contributed by atoms with Crippen LogP contribution in [0.4, 0.5) is 10.5 Å². The van der Waals surface area contributed by atoms with Gasteiger partial charge < -0.3 is 33.2 Å². The van der Waals surface area contributed by atoms with Crippen molar-refractivity contribution >= 4 is 11.8 Å². The number of hydrogen-bond acceptors (Lipinski definition) is 8. The molecule has 1 amide bonds. The molecule has 9 nitrogen and oxygen atoms in total. The normalized spacial score (nSPS) is 34.6. The number of methoxy groups -OCH3 is 1. The van der Waals surface area contributed by atoms with Crippen molar-refractivity contribution in [2.45, 2.75) is 70.0 Å². The van der Waals surface area contributed by atoms with Crippen molar-refractivity contribution in [3.8, 4) is 5.75 Å². The quantitative estimate of drug-likeness (QED) is 0.811. The Balaban J connectivity index is 1.47. The highest BCUT2D eigenvalue weighted by Gasteiger charge is 2.60. The first kappa shape index (κ1) is 20.4. The van der Waals surface area contributed by atoms with E-state index >= 15 is 0 Å². The molecule has 3 fully saturated rings. The number of amides is 1. The lowest BCUT2D eigenvalue weighted by molar-refractivity contribution is -0.231. The van der Waals surface area contributed by atoms with Crippen LogP contribution in [0.2, 0.25) is 0 Å². The van der Waals surface area contributed by atoms with Crippen LogP contribution in [0.25, 0.3) is 0 Å². The van der Waals surface area contributed by atoms with Crippen LogP contribution >= 0.6 is 0 Å². The van der Waals surface area contributed by atoms with E-state index in [0.29, 0.717) is 18.0 Å². The molecule has 3 saturated heterocycles. The zero-order valence-corrected chi connectivity index (χ0v) is 17.2. The Morgan fingerprint density at radius 1 is 1.03 bits per heavy atom. The fraction of sp³-hybridized carbons (Fsp3) is 0.650. The van der Waals surface area contributed by atoms with E-state index in [0.717, 1.165) is 0 Å². The molecule has 0 radical (unpaired) electrons. The molecular weight excluding hydrogens is 382 g/mol. The van der Waals surface area contributed by atoms with Crippen LogP contribution in [0.1, 0.15) is 27.7 Å². The summed E-state index contributed by atoms with van der Waals surface area (Å²) in [7, 11) is 1.58. The third kappa shape index (κ3) is 4.34. The van der Waals surface area contributed by atoms with E-state index < -0.39 is 48.4 Å². The van der Waals surface area contributed by atoms with Gasteiger partial charge in [0.05, 0.1) is 13.7 Å². The number of nitrogens with one attached hydrogen (secondary N) is 1. The summed E-state index contributed by atoms with van der Waals surface area (Å²) in [6.07, 6.45) is -3.55. The highest BCUT2D eigenvalue weighted by atomic mass is 16.9. The molecule has 9 heteroatoms. The summed E-state index contributed by atoms with van der Waals surface area (Å²) in [6, 6.07) is 6.94. The molecule has 3 heterocycles. The molecule has 1 aromatic rings. The van der Waals surface area contributed by atoms with Gasteiger partial charge in [-0.2, -0.15) is 0 Å². The van der Waals surface area contributed by atoms with Gasteiger partial charge in [-0.25, -0.2) is 4.79 Å². The third-order valence-corrected chi connectivity index (χ3v) is 5.00. The Morgan fingerprint density at radius 2 is 1.76 bits per heavy atom. The first-order chi connectivity index (χ1) is 13.7. The van der Waals surface area contributed by atoms with Crippen LogP contribution in [-0.2, 0) is 28.4 Å². The number of fused-ring (bicyclic) bond motifs is 1. The summed E-state index contributed by atoms with van der Waals surface area (Å²) in [4.78, 5) is 12.6. The smallest absolute Gasteiger partial charge is 0.412 e. The van der Waals surface area contributed by atoms with Gasteiger partial charge in [0, 0.05) is 5.69 Å². The lowest BCUT2D eigenvalue weighted by Gasteiger charge is -2.28. The van der Waals surface area contributed by atoms with E-state index in [1.165, 1.54) is 0 Å². The van der Waals surface area contributed by atoms with Gasteiger partial charge in [-0.05, 0) is 52.0 Å². The minimum atomic E-state index is -0.833. The number of anilines is 1. The van der Waals surface area contributed by atoms with Crippen molar-refractivity contribution in [3.05, 3.63) is 24.3 Å². The van der Waals surface area contributed by atoms with Crippen molar-refractivity contribution in [3.63, 3.8) is 0 Å². The molecule has 0 unspecified atom stereocenters. The number of ether oxygens (including phenoxy) is 7. The molecule has 0 bridgehead atoms. The highest BCUT2D eigenvalue weighted by molar-refractivity contribution is 5.84. The molecule has 0 aromatic heterocycles. The summed E-state index contributed by atoms with van der Waals surface area (Å²) in [5.74, 6) is -0.876. The van der Waals surface area contributed by atoms with Gasteiger partial charge in [0.2, 0.25) is 0 Å². The predicted octanol–water partition coefficient (Wildman–Crippen LogP) is 2.64. The highest BCUT2D eigenvalue weighted by Crippen LogP contribution is 2.42. The van der Waals surface area contributed by atoms with Gasteiger partial charge in [-0.15, -0.1) is 0 Å². The fourth-order valence-electron chi connectivity index (χ4n) is 3.76. The first-order valence-electron chi connectivity index (χ1n) is 9.60. The van der Waals surface area contributed by atoms with Crippen molar-refractivity contribution < 1.29 is 38.0 Å². The molecule has 0 saturated carbocycles. The van der Waals surface area contributed by atoms with E-state index in [1.807, 2.05) is 13.8 Å². The standard InChI is InChI=1S/C20H27NO8/c1-19(2)24-10-13(27-19)14-15(16-17(25-14)29-20(3,4)28-16)26-18(22)21-11-6-8-12(23-5)9-7-11/h6-9,13-17H,10H2,1-5H3,(H,21,22)/t13-,14-,15+,16-,17-/m1/s1. The van der Waals surface area contributed by atoms with Crippen LogP contribution in [0.15, 0.2) is 24.3 Å². The van der Waals surface area contributed by atoms with Crippen LogP contribution in [0, 0.1) is 0 Å². The van der Waals surface area contributed by atoms with Crippen molar-refractivity contribution in [2.75, 3.05) is 19.0 Å². The molecule has 3 aliphatic rings. The van der Waals surface area contributed by atoms with E-state index in [2.05, 4.69) is 5.32 Å². The van der Waals surface area contributed by atoms with Crippen LogP contribution in [0.3, 0.4) is 0 Å². The van der Waals surface area contributed by atoms with E-state index in [4.69, 9.17) is 33.2 Å². The summed E-state index contributed by atoms with van der Waals surface area (Å²) >= 11 is 0. The number of hydrogen-bond donors (Lipinski definition) is 1. The molecule has 4 rings (SSSR count). The minimum Gasteiger partial charge on any atom is -0.497 e. The summed E-state index contributed by atoms with van der Waals surface area (Å²) < 4.78 is 40.2. The zero-order chi connectivity index (χ0) is 20.8. The van der Waals surface area contributed by atoms with Crippen molar-refractivity contribution in [2.24, 2.45) is 0 Å². The van der Waals surface area contributed by atoms with E-state index in [-0.39, 0.29) is 0 Å². The lowest BCUT2D eigenvalue weighted by Crippen LogP contribution is -2.45. The molecule has 29 heavy (non-hydrogen) atoms. The Hall–Kier alpha value is -1.91. The Morgan fingerprint density at radius 3 is 2.38 bits per heavy atom. The summed E-state index contributed by atoms with van der Waals surface area (Å²) in [6.45, 7) is 7.55. The maximum absolute atomic E-state index is 12.6. The Kier molecular flexibility index (Phi) is 5.20. The van der Waals surface area contributed by atoms with Crippen LogP contribution in [-0.4, -0.2) is 62.1 Å². The fourth-order valence-corrected chi connectivity index (χ4v) is 3.76. The first-order valence-corrected chi connectivity index (χ1v) is 9.60. The van der Waals surface area contributed by atoms with Crippen LogP contribution in [0.5, 0.6) is 5.75 Å². The predicted molar refractivity (Wildman–Crippen MR) is 100 cm³/mol. The number of rotatable bonds is 4. The number of carbonyl (C=O) groups is 1. The van der Waals surface area contributed by atoms with Gasteiger partial charge in [0.15, 0.2) is 30.1 Å². The Labute approximate surface area is 169 Å². The van der Waals surface area contributed by atoms with Crippen molar-refractivity contribution in [1.29, 1.82) is 0 Å². The van der Waals surface area contributed by atoms with Crippen molar-refractivity contribution in [1.82, 2.24) is 0 Å². The molecule has 3 aliphatic heterocycles. The SMILES string of the molecule is COc1ccc(NC(=O)O[C@@H]2[C@H]3OC(C)(C)O[C@H]3O[C@@H]2[C@H]2COC(C)(C)O2)cc1. The Bertz CT molecular complexity index is 749. The van der Waals surface area contributed by atoms with Gasteiger partial charge in [0.25, 0.3) is 0 Å². The molecule has 5 atom stereocenters. The second kappa shape index (κ2) is 7.41. The maximum atomic E-state index is 12.6. The molecule has 160 valence electrons. The molecule has 1 N–H and O–H groups in total. The maximum Gasteiger partial charge on any atom is 0.412 e. The molecular formula is C20H27NO8. The monoisotopic (exact) mass is 409 g/mol. The van der Waals surface area contributed by atoms with E-state index in [9.17, 15) is 4.79 Å². The molecule has 0 aliphatic carbocycles. The van der Waals surface area contributed by atoms with Gasteiger partial charge >= 0.3 is 6.09 Å². The topological polar surface area (TPSA) is 93.7 Å². The average Bonchev–Trinajstić information content (AvgIpc) is 3.26. The second-order valence-corrected chi connectivity index (χ2v) is 8.16. The van der Waals surface area contributed by atoms with E-state index in [1.54, 1.807) is 45.2 Å². The largest absolute Gasteiger partial charge is 0.497 e. The molecule has 1 aromatic carbocycles. The minimum absolute atomic E-state index is 0.320. The summed E-state index contributed by atoms with van der Waals surface area (Å²) in [5, 5.41) is 2.71. The summed E-state index contributed by atoms with van der Waals surface area (Å²) in [5.41, 5.74) is 0.577. The number of carbonyl (C=O) groups excluding carboxylic acids is 1. The average molecular weight is 409 g/mol. The third-order valence-electron chi connectivity index (χ3n) is 5.00. The van der Waals surface area contributed by atoms with Gasteiger partial charge in [0.1, 0.15) is 18.0 Å². The second-order valence-electron chi connectivity index (χ2n) is 8.16. The van der Waals surface area contributed by atoms with Gasteiger partial charge in [-0.1, -0.05) is 0 Å². The zero-order valence-electron chi connectivity index (χ0n) is 17.2. The number of benzene rings is 1. The van der Waals surface area contributed by atoms with Crippen LogP contribution < -0.4 is 10.1 Å². The van der Waals surface area contributed by atoms with Gasteiger partial charge in [-0.3, -0.25) is 5.32 Å².